The maximum atomic E-state index is 10.4. The highest BCUT2D eigenvalue weighted by Crippen LogP contribution is 2.33. The first kappa shape index (κ1) is 29.2. The fourth-order valence-electron chi connectivity index (χ4n) is 5.62. The fourth-order valence-corrected chi connectivity index (χ4v) is 5.62. The smallest absolute Gasteiger partial charge is 0.196 e. The number of hydrogen-bond acceptors (Lipinski definition) is 11. The summed E-state index contributed by atoms with van der Waals surface area (Å²) in [7, 11) is 0. The van der Waals surface area contributed by atoms with E-state index in [0.717, 1.165) is 10.8 Å². The molecule has 13 nitrogen and oxygen atoms in total. The van der Waals surface area contributed by atoms with Gasteiger partial charge in [0.1, 0.15) is 34.5 Å². The first-order chi connectivity index (χ1) is 24.4. The molecule has 8 rings (SSSR count). The molecule has 0 bridgehead atoms. The second-order valence-corrected chi connectivity index (χ2v) is 11.0. The van der Waals surface area contributed by atoms with Gasteiger partial charge in [-0.15, -0.1) is 0 Å². The molecule has 0 radical (unpaired) electrons. The Morgan fingerprint density at radius 2 is 1.22 bits per heavy atom. The van der Waals surface area contributed by atoms with E-state index in [-0.39, 0.29) is 51.6 Å². The van der Waals surface area contributed by atoms with Crippen LogP contribution >= 0.6 is 0 Å². The van der Waals surface area contributed by atoms with Gasteiger partial charge in [0.25, 0.3) is 0 Å². The van der Waals surface area contributed by atoms with Crippen molar-refractivity contribution in [2.45, 2.75) is 6.92 Å². The summed E-state index contributed by atoms with van der Waals surface area (Å²) in [6, 6.07) is 25.5. The number of aryl methyl sites for hydroxylation is 1. The van der Waals surface area contributed by atoms with Crippen LogP contribution in [-0.4, -0.2) is 15.0 Å². The van der Waals surface area contributed by atoms with Gasteiger partial charge in [-0.3, -0.25) is 9.69 Å². The lowest BCUT2D eigenvalue weighted by molar-refractivity contribution is 0.669. The summed E-state index contributed by atoms with van der Waals surface area (Å²) in [6.45, 7) is 16.6. The van der Waals surface area contributed by atoms with Crippen molar-refractivity contribution in [2.75, 3.05) is 0 Å². The van der Waals surface area contributed by atoms with Crippen molar-refractivity contribution in [1.82, 2.24) is 15.0 Å². The van der Waals surface area contributed by atoms with Crippen LogP contribution in [0.15, 0.2) is 103 Å². The zero-order chi connectivity index (χ0) is 34.5. The molecule has 4 heterocycles. The Kier molecular flexibility index (Phi) is 6.58. The average Bonchev–Trinajstić information content (AvgIpc) is 3.85. The normalized spacial score (nSPS) is 13.2. The Morgan fingerprint density at radius 3 is 1.80 bits per heavy atom. The van der Waals surface area contributed by atoms with E-state index >= 15 is 0 Å². The average molecular weight is 643 g/mol. The van der Waals surface area contributed by atoms with Crippen LogP contribution in [-0.2, 0) is 0 Å². The van der Waals surface area contributed by atoms with Crippen molar-refractivity contribution in [2.24, 2.45) is 20.0 Å². The third-order valence-corrected chi connectivity index (χ3v) is 8.05. The van der Waals surface area contributed by atoms with Crippen LogP contribution in [0, 0.1) is 54.1 Å². The van der Waals surface area contributed by atoms with Gasteiger partial charge >= 0.3 is 0 Å². The molecule has 0 unspecified atom stereocenters. The summed E-state index contributed by atoms with van der Waals surface area (Å²) in [5.74, 6) is -0.0938. The van der Waals surface area contributed by atoms with Gasteiger partial charge in [-0.05, 0) is 61.0 Å². The molecule has 13 heteroatoms. The number of allylic oxidation sites excluding steroid dienone is 2. The maximum absolute atomic E-state index is 10.4. The van der Waals surface area contributed by atoms with Gasteiger partial charge in [-0.25, -0.2) is 34.9 Å². The summed E-state index contributed by atoms with van der Waals surface area (Å²) in [5.41, 5.74) is 3.03. The molecule has 50 heavy (non-hydrogen) atoms. The van der Waals surface area contributed by atoms with E-state index in [4.69, 9.17) is 17.6 Å². The van der Waals surface area contributed by atoms with Gasteiger partial charge in [-0.2, -0.15) is 15.8 Å². The molecule has 2 aromatic heterocycles. The van der Waals surface area contributed by atoms with Crippen molar-refractivity contribution in [3.63, 3.8) is 0 Å². The van der Waals surface area contributed by atoms with Crippen molar-refractivity contribution >= 4 is 44.5 Å². The van der Waals surface area contributed by atoms with Gasteiger partial charge < -0.3 is 4.42 Å². The highest BCUT2D eigenvalue weighted by atomic mass is 16.3. The SMILES string of the molecule is [C-]#[N+]c1cc2c(cc1[N+]#[C-])=NC(=C(C#N)c1nc(/C(C#N)=C3/N=c4cc(C)c(C#N)cc4=N3)nc(-c3ccc4oc5ccccc5c4c3)n1)N=2. The van der Waals surface area contributed by atoms with E-state index in [1.54, 1.807) is 31.2 Å². The van der Waals surface area contributed by atoms with Crippen LogP contribution in [0.3, 0.4) is 0 Å². The minimum absolute atomic E-state index is 0.0310. The van der Waals surface area contributed by atoms with Crippen LogP contribution < -0.4 is 21.4 Å². The zero-order valence-electron chi connectivity index (χ0n) is 25.6. The molecule has 0 aliphatic carbocycles. The van der Waals surface area contributed by atoms with Crippen LogP contribution in [0.1, 0.15) is 22.8 Å². The van der Waals surface area contributed by atoms with Gasteiger partial charge in [0, 0.05) is 16.3 Å². The van der Waals surface area contributed by atoms with Crippen LogP contribution in [0.4, 0.5) is 11.4 Å². The molecule has 0 N–H and O–H groups in total. The van der Waals surface area contributed by atoms with E-state index in [1.165, 1.54) is 12.1 Å². The monoisotopic (exact) mass is 642 g/mol. The second kappa shape index (κ2) is 11.3. The van der Waals surface area contributed by atoms with Crippen LogP contribution in [0.25, 0.3) is 54.2 Å². The van der Waals surface area contributed by atoms with E-state index in [2.05, 4.69) is 62.8 Å². The number of aromatic nitrogens is 3. The highest BCUT2D eigenvalue weighted by Gasteiger charge is 2.23. The quantitative estimate of drug-likeness (QED) is 0.192. The largest absolute Gasteiger partial charge is 0.456 e. The molecule has 2 aliphatic rings. The van der Waals surface area contributed by atoms with Crippen molar-refractivity contribution < 1.29 is 4.42 Å². The molecule has 2 aliphatic heterocycles. The molecule has 0 saturated carbocycles. The lowest BCUT2D eigenvalue weighted by Gasteiger charge is -2.07. The molecule has 0 spiro atoms. The van der Waals surface area contributed by atoms with Crippen LogP contribution in [0.2, 0.25) is 0 Å². The van der Waals surface area contributed by atoms with E-state index in [0.29, 0.717) is 49.3 Å². The molecular weight excluding hydrogens is 628 g/mol. The summed E-state index contributed by atoms with van der Waals surface area (Å²) in [5, 5.41) is 33.6. The molecule has 228 valence electrons. The standard InChI is InChI=1S/C37H14N12O/c1-18-10-27-28(12-20(18)15-38)44-34(43-27)23(16-39)36-47-33(19-8-9-32-22(11-19)21-6-4-5-7-31(21)50-32)48-37(49-36)24(17-40)35-45-29-13-25(41-2)26(42-3)14-30(29)46-35/h4-14H,1H3/b34-23-. The second-order valence-electron chi connectivity index (χ2n) is 11.0. The predicted molar refractivity (Wildman–Crippen MR) is 177 cm³/mol. The predicted octanol–water partition coefficient (Wildman–Crippen LogP) is 5.01. The minimum atomic E-state index is -0.130. The molecule has 0 amide bonds. The Morgan fingerprint density at radius 1 is 0.660 bits per heavy atom. The number of nitrogens with zero attached hydrogens (tertiary/aromatic N) is 12. The number of rotatable bonds is 3. The maximum Gasteiger partial charge on any atom is 0.196 e. The molecular formula is C37H14N12O. The van der Waals surface area contributed by atoms with Crippen molar-refractivity contribution in [3.05, 3.63) is 145 Å². The van der Waals surface area contributed by atoms with E-state index < -0.39 is 0 Å². The third kappa shape index (κ3) is 4.63. The lowest BCUT2D eigenvalue weighted by atomic mass is 10.1. The Balaban J connectivity index is 1.38. The summed E-state index contributed by atoms with van der Waals surface area (Å²) in [6.07, 6.45) is 0. The van der Waals surface area contributed by atoms with Gasteiger partial charge in [0.05, 0.1) is 46.2 Å². The first-order valence-corrected chi connectivity index (χ1v) is 14.7. The zero-order valence-corrected chi connectivity index (χ0v) is 25.6. The topological polar surface area (TPSA) is 181 Å². The van der Waals surface area contributed by atoms with Gasteiger partial charge in [0.2, 0.25) is 0 Å². The number of para-hydroxylation sites is 1. The summed E-state index contributed by atoms with van der Waals surface area (Å²) >= 11 is 0. The Bertz CT molecular complexity index is 3060. The molecule has 0 saturated heterocycles. The van der Waals surface area contributed by atoms with Crippen LogP contribution in [0.5, 0.6) is 0 Å². The van der Waals surface area contributed by atoms with Gasteiger partial charge in [-0.1, -0.05) is 18.2 Å². The summed E-state index contributed by atoms with van der Waals surface area (Å²) in [4.78, 5) is 38.7. The number of benzene rings is 4. The van der Waals surface area contributed by atoms with E-state index in [1.807, 2.05) is 30.3 Å². The first-order valence-electron chi connectivity index (χ1n) is 14.7. The number of hydrogen-bond donors (Lipinski definition) is 0. The van der Waals surface area contributed by atoms with E-state index in [9.17, 15) is 15.8 Å². The molecule has 6 aromatic rings. The van der Waals surface area contributed by atoms with Crippen molar-refractivity contribution in [3.8, 4) is 29.6 Å². The highest BCUT2D eigenvalue weighted by molar-refractivity contribution is 6.06. The molecule has 0 fully saturated rings. The Hall–Kier alpha value is -8.18. The fraction of sp³-hybridized carbons (Fsp3) is 0.0270. The molecule has 4 aromatic carbocycles. The number of nitriles is 3. The van der Waals surface area contributed by atoms with Crippen molar-refractivity contribution in [1.29, 1.82) is 15.8 Å². The Labute approximate surface area is 281 Å². The summed E-state index contributed by atoms with van der Waals surface area (Å²) < 4.78 is 6.00. The lowest BCUT2D eigenvalue weighted by Crippen LogP contribution is -2.22. The number of fused-ring (bicyclic) bond motifs is 5. The third-order valence-electron chi connectivity index (χ3n) is 8.05. The number of furan rings is 1. The molecule has 0 atom stereocenters. The minimum Gasteiger partial charge on any atom is -0.456 e. The van der Waals surface area contributed by atoms with Gasteiger partial charge in [0.15, 0.2) is 40.5 Å².